The topological polar surface area (TPSA) is 51.8 Å². The van der Waals surface area contributed by atoms with Crippen molar-refractivity contribution in [2.45, 2.75) is 33.2 Å². The summed E-state index contributed by atoms with van der Waals surface area (Å²) in [4.78, 5) is 8.45. The lowest BCUT2D eigenvalue weighted by Gasteiger charge is -2.09. The number of hydrogen-bond donors (Lipinski definition) is 1. The van der Waals surface area contributed by atoms with E-state index in [2.05, 4.69) is 23.8 Å². The number of hydrogen-bond acceptors (Lipinski definition) is 3. The Balaban J connectivity index is 3.12. The second-order valence-corrected chi connectivity index (χ2v) is 3.19. The van der Waals surface area contributed by atoms with Crippen LogP contribution < -0.4 is 5.73 Å². The minimum Gasteiger partial charge on any atom is -0.326 e. The van der Waals surface area contributed by atoms with E-state index in [4.69, 9.17) is 5.73 Å². The zero-order valence-electron chi connectivity index (χ0n) is 7.83. The van der Waals surface area contributed by atoms with Crippen LogP contribution in [-0.4, -0.2) is 9.97 Å². The summed E-state index contributed by atoms with van der Waals surface area (Å²) >= 11 is 0. The number of aryl methyl sites for hydroxylation is 1. The van der Waals surface area contributed by atoms with Gasteiger partial charge in [-0.05, 0) is 12.8 Å². The van der Waals surface area contributed by atoms with Crippen LogP contribution in [0.4, 0.5) is 0 Å². The predicted molar refractivity (Wildman–Crippen MR) is 48.7 cm³/mol. The highest BCUT2D eigenvalue weighted by Crippen LogP contribution is 2.15. The van der Waals surface area contributed by atoms with E-state index in [1.54, 1.807) is 0 Å². The van der Waals surface area contributed by atoms with E-state index < -0.39 is 0 Å². The van der Waals surface area contributed by atoms with Crippen molar-refractivity contribution in [2.75, 3.05) is 0 Å². The lowest BCUT2D eigenvalue weighted by Crippen LogP contribution is -2.07. The van der Waals surface area contributed by atoms with Crippen LogP contribution in [0.1, 0.15) is 36.8 Å². The second-order valence-electron chi connectivity index (χ2n) is 3.19. The first kappa shape index (κ1) is 9.13. The average Bonchev–Trinajstić information content (AvgIpc) is 2.04. The van der Waals surface area contributed by atoms with Crippen LogP contribution in [0.3, 0.4) is 0 Å². The molecular weight excluding hydrogens is 150 g/mol. The van der Waals surface area contributed by atoms with Crippen LogP contribution in [0.5, 0.6) is 0 Å². The Hall–Kier alpha value is -0.960. The van der Waals surface area contributed by atoms with E-state index in [-0.39, 0.29) is 0 Å². The van der Waals surface area contributed by atoms with Gasteiger partial charge in [-0.25, -0.2) is 9.97 Å². The molecule has 1 rings (SSSR count). The van der Waals surface area contributed by atoms with Gasteiger partial charge in [0.05, 0.1) is 5.69 Å². The van der Waals surface area contributed by atoms with Gasteiger partial charge < -0.3 is 5.73 Å². The summed E-state index contributed by atoms with van der Waals surface area (Å²) in [6.07, 6.45) is 1.82. The molecule has 3 nitrogen and oxygen atoms in total. The molecule has 0 radical (unpaired) electrons. The normalized spacial score (nSPS) is 10.8. The maximum absolute atomic E-state index is 5.56. The summed E-state index contributed by atoms with van der Waals surface area (Å²) in [6.45, 7) is 6.64. The molecular formula is C9H15N3. The monoisotopic (exact) mass is 165 g/mol. The van der Waals surface area contributed by atoms with E-state index >= 15 is 0 Å². The van der Waals surface area contributed by atoms with E-state index in [1.165, 1.54) is 0 Å². The molecule has 0 aliphatic rings. The van der Waals surface area contributed by atoms with Crippen LogP contribution in [-0.2, 0) is 6.54 Å². The molecule has 0 saturated heterocycles. The lowest BCUT2D eigenvalue weighted by atomic mass is 10.1. The molecule has 0 fully saturated rings. The fourth-order valence-corrected chi connectivity index (χ4v) is 1.17. The number of nitrogens with two attached hydrogens (primary N) is 1. The lowest BCUT2D eigenvalue weighted by molar-refractivity contribution is 0.772. The van der Waals surface area contributed by atoms with Crippen LogP contribution in [0.25, 0.3) is 0 Å². The molecule has 0 atom stereocenters. The van der Waals surface area contributed by atoms with Gasteiger partial charge in [-0.2, -0.15) is 0 Å². The minimum atomic E-state index is 0.422. The van der Waals surface area contributed by atoms with Crippen LogP contribution >= 0.6 is 0 Å². The molecule has 0 saturated carbocycles. The molecule has 1 aromatic rings. The van der Waals surface area contributed by atoms with Gasteiger partial charge in [0.25, 0.3) is 0 Å². The number of rotatable bonds is 2. The Kier molecular flexibility index (Phi) is 2.76. The predicted octanol–water partition coefficient (Wildman–Crippen LogP) is 1.37. The van der Waals surface area contributed by atoms with Crippen molar-refractivity contribution in [3.05, 3.63) is 23.3 Å². The average molecular weight is 165 g/mol. The Bertz CT molecular complexity index is 268. The Labute approximate surface area is 73.0 Å². The highest BCUT2D eigenvalue weighted by molar-refractivity contribution is 5.20. The van der Waals surface area contributed by atoms with Gasteiger partial charge in [0, 0.05) is 18.3 Å². The molecule has 2 N–H and O–H groups in total. The molecule has 12 heavy (non-hydrogen) atoms. The molecule has 3 heteroatoms. The van der Waals surface area contributed by atoms with Crippen LogP contribution in [0.2, 0.25) is 0 Å². The molecule has 0 aliphatic heterocycles. The molecule has 0 aromatic carbocycles. The Morgan fingerprint density at radius 1 is 1.50 bits per heavy atom. The first-order chi connectivity index (χ1) is 5.65. The summed E-state index contributed by atoms with van der Waals surface area (Å²) in [5.41, 5.74) is 7.68. The summed E-state index contributed by atoms with van der Waals surface area (Å²) in [5.74, 6) is 1.24. The van der Waals surface area contributed by atoms with Gasteiger partial charge in [-0.1, -0.05) is 13.8 Å². The van der Waals surface area contributed by atoms with Gasteiger partial charge in [-0.15, -0.1) is 0 Å². The van der Waals surface area contributed by atoms with Crippen molar-refractivity contribution >= 4 is 0 Å². The first-order valence-electron chi connectivity index (χ1n) is 4.17. The van der Waals surface area contributed by atoms with Crippen LogP contribution in [0, 0.1) is 6.92 Å². The van der Waals surface area contributed by atoms with Gasteiger partial charge in [0.2, 0.25) is 0 Å². The smallest absolute Gasteiger partial charge is 0.125 e. The fourth-order valence-electron chi connectivity index (χ4n) is 1.17. The maximum Gasteiger partial charge on any atom is 0.125 e. The molecule has 66 valence electrons. The van der Waals surface area contributed by atoms with Gasteiger partial charge in [-0.3, -0.25) is 0 Å². The molecule has 1 heterocycles. The largest absolute Gasteiger partial charge is 0.326 e. The third-order valence-corrected chi connectivity index (χ3v) is 1.79. The molecule has 0 unspecified atom stereocenters. The molecule has 0 amide bonds. The third-order valence-electron chi connectivity index (χ3n) is 1.79. The zero-order chi connectivity index (χ0) is 9.14. The maximum atomic E-state index is 5.56. The van der Waals surface area contributed by atoms with Crippen LogP contribution in [0.15, 0.2) is 6.20 Å². The van der Waals surface area contributed by atoms with Crippen molar-refractivity contribution in [2.24, 2.45) is 5.73 Å². The Morgan fingerprint density at radius 3 is 2.67 bits per heavy atom. The molecule has 0 aliphatic carbocycles. The fraction of sp³-hybridized carbons (Fsp3) is 0.556. The van der Waals surface area contributed by atoms with Crippen molar-refractivity contribution in [1.82, 2.24) is 9.97 Å². The summed E-state index contributed by atoms with van der Waals surface area (Å²) in [7, 11) is 0. The first-order valence-corrected chi connectivity index (χ1v) is 4.17. The number of aromatic nitrogens is 2. The van der Waals surface area contributed by atoms with Gasteiger partial charge in [0.1, 0.15) is 5.82 Å². The SMILES string of the molecule is Cc1ncc(CN)c(C(C)C)n1. The summed E-state index contributed by atoms with van der Waals surface area (Å²) in [5, 5.41) is 0. The highest BCUT2D eigenvalue weighted by Gasteiger charge is 2.07. The van der Waals surface area contributed by atoms with E-state index in [0.717, 1.165) is 17.1 Å². The molecule has 1 aromatic heterocycles. The van der Waals surface area contributed by atoms with E-state index in [1.807, 2.05) is 13.1 Å². The quantitative estimate of drug-likeness (QED) is 0.720. The summed E-state index contributed by atoms with van der Waals surface area (Å²) < 4.78 is 0. The standard InChI is InChI=1S/C9H15N3/c1-6(2)9-8(4-10)5-11-7(3)12-9/h5-6H,4,10H2,1-3H3. The third kappa shape index (κ3) is 1.80. The van der Waals surface area contributed by atoms with E-state index in [9.17, 15) is 0 Å². The summed E-state index contributed by atoms with van der Waals surface area (Å²) in [6, 6.07) is 0. The molecule has 0 bridgehead atoms. The Morgan fingerprint density at radius 2 is 2.17 bits per heavy atom. The van der Waals surface area contributed by atoms with E-state index in [0.29, 0.717) is 12.5 Å². The van der Waals surface area contributed by atoms with Crippen molar-refractivity contribution in [1.29, 1.82) is 0 Å². The highest BCUT2D eigenvalue weighted by atomic mass is 14.9. The van der Waals surface area contributed by atoms with Gasteiger partial charge >= 0.3 is 0 Å². The second kappa shape index (κ2) is 3.63. The van der Waals surface area contributed by atoms with Gasteiger partial charge in [0.15, 0.2) is 0 Å². The number of nitrogens with zero attached hydrogens (tertiary/aromatic N) is 2. The minimum absolute atomic E-state index is 0.422. The van der Waals surface area contributed by atoms with Crippen molar-refractivity contribution in [3.8, 4) is 0 Å². The zero-order valence-corrected chi connectivity index (χ0v) is 7.83. The molecule has 0 spiro atoms. The van der Waals surface area contributed by atoms with Crippen molar-refractivity contribution in [3.63, 3.8) is 0 Å². The van der Waals surface area contributed by atoms with Crippen molar-refractivity contribution < 1.29 is 0 Å².